The molecular formula is C13H20N2O2. The van der Waals surface area contributed by atoms with Crippen LogP contribution in [0.4, 0.5) is 10.5 Å². The topological polar surface area (TPSA) is 61.4 Å². The third-order valence-corrected chi connectivity index (χ3v) is 2.70. The van der Waals surface area contributed by atoms with Crippen LogP contribution in [0.2, 0.25) is 0 Å². The van der Waals surface area contributed by atoms with Gasteiger partial charge in [-0.15, -0.1) is 0 Å². The van der Waals surface area contributed by atoms with Crippen molar-refractivity contribution in [2.24, 2.45) is 0 Å². The highest BCUT2D eigenvalue weighted by atomic mass is 16.3. The van der Waals surface area contributed by atoms with Crippen LogP contribution in [0.1, 0.15) is 25.8 Å². The highest BCUT2D eigenvalue weighted by Gasteiger charge is 2.18. The van der Waals surface area contributed by atoms with Crippen molar-refractivity contribution < 1.29 is 9.90 Å². The van der Waals surface area contributed by atoms with Crippen LogP contribution in [0, 0.1) is 6.92 Å². The van der Waals surface area contributed by atoms with Gasteiger partial charge in [0.2, 0.25) is 0 Å². The number of hydrogen-bond acceptors (Lipinski definition) is 2. The molecule has 0 heterocycles. The zero-order valence-electron chi connectivity index (χ0n) is 10.6. The molecule has 2 amide bonds. The maximum atomic E-state index is 11.5. The fourth-order valence-corrected chi connectivity index (χ4v) is 1.21. The lowest BCUT2D eigenvalue weighted by Gasteiger charge is -2.21. The van der Waals surface area contributed by atoms with Gasteiger partial charge in [0.1, 0.15) is 0 Å². The van der Waals surface area contributed by atoms with Crippen LogP contribution in [0.5, 0.6) is 0 Å². The van der Waals surface area contributed by atoms with Crippen molar-refractivity contribution in [1.82, 2.24) is 5.32 Å². The molecule has 0 saturated heterocycles. The Morgan fingerprint density at radius 1 is 1.35 bits per heavy atom. The van der Waals surface area contributed by atoms with Crippen molar-refractivity contribution in [2.75, 3.05) is 11.9 Å². The lowest BCUT2D eigenvalue weighted by atomic mass is 10.0. The molecule has 0 aromatic heterocycles. The number of anilines is 1. The normalized spacial score (nSPS) is 13.9. The smallest absolute Gasteiger partial charge is 0.319 e. The van der Waals surface area contributed by atoms with E-state index >= 15 is 0 Å². The quantitative estimate of drug-likeness (QED) is 0.751. The SMILES string of the molecule is CC[C@](C)(O)CNC(=O)Nc1ccc(C)cc1. The van der Waals surface area contributed by atoms with Gasteiger partial charge in [-0.3, -0.25) is 0 Å². The zero-order valence-corrected chi connectivity index (χ0v) is 10.6. The third-order valence-electron chi connectivity index (χ3n) is 2.70. The maximum absolute atomic E-state index is 11.5. The number of urea groups is 1. The van der Waals surface area contributed by atoms with Gasteiger partial charge in [0, 0.05) is 12.2 Å². The van der Waals surface area contributed by atoms with Crippen molar-refractivity contribution in [3.63, 3.8) is 0 Å². The third kappa shape index (κ3) is 4.87. The molecule has 0 aliphatic rings. The summed E-state index contributed by atoms with van der Waals surface area (Å²) in [4.78, 5) is 11.5. The number of carbonyl (C=O) groups is 1. The number of carbonyl (C=O) groups excluding carboxylic acids is 1. The minimum absolute atomic E-state index is 0.237. The summed E-state index contributed by atoms with van der Waals surface area (Å²) >= 11 is 0. The van der Waals surface area contributed by atoms with Crippen LogP contribution in [0.15, 0.2) is 24.3 Å². The summed E-state index contributed by atoms with van der Waals surface area (Å²) in [5, 5.41) is 15.1. The molecule has 94 valence electrons. The van der Waals surface area contributed by atoms with Gasteiger partial charge in [-0.2, -0.15) is 0 Å². The first-order valence-electron chi connectivity index (χ1n) is 5.77. The standard InChI is InChI=1S/C13H20N2O2/c1-4-13(3,17)9-14-12(16)15-11-7-5-10(2)6-8-11/h5-8,17H,4,9H2,1-3H3,(H2,14,15,16)/t13-/m0/s1. The number of aliphatic hydroxyl groups is 1. The average Bonchev–Trinajstić information content (AvgIpc) is 2.30. The Labute approximate surface area is 102 Å². The zero-order chi connectivity index (χ0) is 12.9. The molecule has 1 aromatic rings. The molecule has 17 heavy (non-hydrogen) atoms. The number of nitrogens with one attached hydrogen (secondary N) is 2. The van der Waals surface area contributed by atoms with Crippen molar-refractivity contribution in [3.05, 3.63) is 29.8 Å². The molecule has 0 spiro atoms. The molecule has 3 N–H and O–H groups in total. The van der Waals surface area contributed by atoms with E-state index in [4.69, 9.17) is 0 Å². The van der Waals surface area contributed by atoms with Crippen LogP contribution < -0.4 is 10.6 Å². The van der Waals surface area contributed by atoms with Crippen molar-refractivity contribution in [3.8, 4) is 0 Å². The van der Waals surface area contributed by atoms with E-state index in [9.17, 15) is 9.90 Å². The molecule has 0 unspecified atom stereocenters. The minimum atomic E-state index is -0.857. The first-order chi connectivity index (χ1) is 7.93. The lowest BCUT2D eigenvalue weighted by molar-refractivity contribution is 0.0587. The van der Waals surface area contributed by atoms with Crippen LogP contribution in [-0.2, 0) is 0 Å². The molecule has 1 rings (SSSR count). The van der Waals surface area contributed by atoms with E-state index in [2.05, 4.69) is 10.6 Å². The minimum Gasteiger partial charge on any atom is -0.388 e. The van der Waals surface area contributed by atoms with Crippen LogP contribution in [-0.4, -0.2) is 23.3 Å². The molecule has 0 aliphatic carbocycles. The van der Waals surface area contributed by atoms with Crippen LogP contribution in [0.3, 0.4) is 0 Å². The molecule has 0 radical (unpaired) electrons. The number of hydrogen-bond donors (Lipinski definition) is 3. The molecule has 0 bridgehead atoms. The number of benzene rings is 1. The molecule has 0 saturated carbocycles. The summed E-state index contributed by atoms with van der Waals surface area (Å²) < 4.78 is 0. The first-order valence-corrected chi connectivity index (χ1v) is 5.77. The molecule has 0 aliphatic heterocycles. The largest absolute Gasteiger partial charge is 0.388 e. The van der Waals surface area contributed by atoms with Gasteiger partial charge in [0.25, 0.3) is 0 Å². The fourth-order valence-electron chi connectivity index (χ4n) is 1.21. The Bertz CT molecular complexity index is 372. The average molecular weight is 236 g/mol. The first kappa shape index (κ1) is 13.5. The predicted molar refractivity (Wildman–Crippen MR) is 69.1 cm³/mol. The Balaban J connectivity index is 2.42. The van der Waals surface area contributed by atoms with Gasteiger partial charge in [-0.05, 0) is 32.4 Å². The van der Waals surface area contributed by atoms with Gasteiger partial charge in [0.15, 0.2) is 0 Å². The number of aryl methyl sites for hydroxylation is 1. The van der Waals surface area contributed by atoms with E-state index in [0.29, 0.717) is 6.42 Å². The van der Waals surface area contributed by atoms with Crippen LogP contribution in [0.25, 0.3) is 0 Å². The Morgan fingerprint density at radius 3 is 2.47 bits per heavy atom. The van der Waals surface area contributed by atoms with Gasteiger partial charge in [-0.25, -0.2) is 4.79 Å². The molecule has 0 fully saturated rings. The maximum Gasteiger partial charge on any atom is 0.319 e. The second kappa shape index (κ2) is 5.68. The number of amides is 2. The predicted octanol–water partition coefficient (Wildman–Crippen LogP) is 2.28. The van der Waals surface area contributed by atoms with Gasteiger partial charge in [-0.1, -0.05) is 24.6 Å². The van der Waals surface area contributed by atoms with Crippen molar-refractivity contribution in [2.45, 2.75) is 32.8 Å². The van der Waals surface area contributed by atoms with Gasteiger partial charge >= 0.3 is 6.03 Å². The summed E-state index contributed by atoms with van der Waals surface area (Å²) in [6, 6.07) is 7.23. The summed E-state index contributed by atoms with van der Waals surface area (Å²) in [7, 11) is 0. The second-order valence-corrected chi connectivity index (χ2v) is 4.52. The second-order valence-electron chi connectivity index (χ2n) is 4.52. The molecule has 4 nitrogen and oxygen atoms in total. The summed E-state index contributed by atoms with van der Waals surface area (Å²) in [6.45, 7) is 5.79. The summed E-state index contributed by atoms with van der Waals surface area (Å²) in [5.41, 5.74) is 1.03. The highest BCUT2D eigenvalue weighted by Crippen LogP contribution is 2.09. The molecular weight excluding hydrogens is 216 g/mol. The van der Waals surface area contributed by atoms with Crippen LogP contribution >= 0.6 is 0 Å². The highest BCUT2D eigenvalue weighted by molar-refractivity contribution is 5.89. The molecule has 1 atom stereocenters. The van der Waals surface area contributed by atoms with E-state index in [1.165, 1.54) is 0 Å². The molecule has 4 heteroatoms. The van der Waals surface area contributed by atoms with E-state index in [-0.39, 0.29) is 12.6 Å². The Kier molecular flexibility index (Phi) is 4.52. The summed E-state index contributed by atoms with van der Waals surface area (Å²) in [6.07, 6.45) is 0.595. The van der Waals surface area contributed by atoms with Gasteiger partial charge in [0.05, 0.1) is 5.60 Å². The Hall–Kier alpha value is -1.55. The van der Waals surface area contributed by atoms with E-state index in [1.807, 2.05) is 38.1 Å². The lowest BCUT2D eigenvalue weighted by Crippen LogP contribution is -2.41. The fraction of sp³-hybridized carbons (Fsp3) is 0.462. The molecule has 1 aromatic carbocycles. The number of rotatable bonds is 4. The van der Waals surface area contributed by atoms with Crippen molar-refractivity contribution in [1.29, 1.82) is 0 Å². The monoisotopic (exact) mass is 236 g/mol. The van der Waals surface area contributed by atoms with Gasteiger partial charge < -0.3 is 15.7 Å². The summed E-state index contributed by atoms with van der Waals surface area (Å²) in [5.74, 6) is 0. The van der Waals surface area contributed by atoms with E-state index < -0.39 is 5.60 Å². The van der Waals surface area contributed by atoms with E-state index in [0.717, 1.165) is 11.3 Å². The van der Waals surface area contributed by atoms with Crippen molar-refractivity contribution >= 4 is 11.7 Å². The Morgan fingerprint density at radius 2 is 1.94 bits per heavy atom. The van der Waals surface area contributed by atoms with E-state index in [1.54, 1.807) is 6.92 Å².